The summed E-state index contributed by atoms with van der Waals surface area (Å²) >= 11 is 0. The molecule has 2 aromatic rings. The first-order valence-corrected chi connectivity index (χ1v) is 12.0. The van der Waals surface area contributed by atoms with Crippen LogP contribution in [-0.4, -0.2) is 56.0 Å². The van der Waals surface area contributed by atoms with E-state index in [9.17, 15) is 14.4 Å². The number of methoxy groups -OCH3 is 1. The van der Waals surface area contributed by atoms with Crippen LogP contribution in [-0.2, 0) is 19.1 Å². The third kappa shape index (κ3) is 7.05. The van der Waals surface area contributed by atoms with Crippen LogP contribution in [0.2, 0.25) is 0 Å². The van der Waals surface area contributed by atoms with Gasteiger partial charge in [0.15, 0.2) is 6.04 Å². The smallest absolute Gasteiger partial charge is 0.407 e. The number of hydrogen-bond acceptors (Lipinski definition) is 5. The zero-order valence-electron chi connectivity index (χ0n) is 20.3. The third-order valence-corrected chi connectivity index (χ3v) is 6.49. The zero-order valence-corrected chi connectivity index (χ0v) is 20.3. The summed E-state index contributed by atoms with van der Waals surface area (Å²) < 4.78 is 10.4. The molecule has 188 valence electrons. The van der Waals surface area contributed by atoms with Crippen LogP contribution in [0.4, 0.5) is 4.79 Å². The van der Waals surface area contributed by atoms with E-state index in [1.165, 1.54) is 29.4 Å². The summed E-state index contributed by atoms with van der Waals surface area (Å²) in [4.78, 5) is 35.6. The lowest BCUT2D eigenvalue weighted by Gasteiger charge is -2.17. The van der Waals surface area contributed by atoms with Gasteiger partial charge in [0.1, 0.15) is 6.61 Å². The average Bonchev–Trinajstić information content (AvgIpc) is 3.18. The van der Waals surface area contributed by atoms with Gasteiger partial charge in [0, 0.05) is 26.0 Å². The lowest BCUT2D eigenvalue weighted by Crippen LogP contribution is -2.43. The number of rotatable bonds is 13. The van der Waals surface area contributed by atoms with Gasteiger partial charge >= 0.3 is 12.1 Å². The average molecular weight is 483 g/mol. The summed E-state index contributed by atoms with van der Waals surface area (Å²) in [5, 5.41) is 14.4. The van der Waals surface area contributed by atoms with E-state index in [-0.39, 0.29) is 37.4 Å². The fourth-order valence-electron chi connectivity index (χ4n) is 4.52. The fourth-order valence-corrected chi connectivity index (χ4v) is 4.52. The maximum atomic E-state index is 12.3. The van der Waals surface area contributed by atoms with E-state index in [1.54, 1.807) is 0 Å². The van der Waals surface area contributed by atoms with Crippen molar-refractivity contribution in [2.45, 2.75) is 44.6 Å². The number of hydrogen-bond donors (Lipinski definition) is 3. The van der Waals surface area contributed by atoms with Gasteiger partial charge in [-0.15, -0.1) is 0 Å². The molecule has 3 rings (SSSR count). The Balaban J connectivity index is 1.41. The molecule has 2 aromatic carbocycles. The highest BCUT2D eigenvalue weighted by molar-refractivity contribution is 5.83. The summed E-state index contributed by atoms with van der Waals surface area (Å²) in [6.07, 6.45) is 1.92. The molecule has 0 aromatic heterocycles. The van der Waals surface area contributed by atoms with Gasteiger partial charge in [-0.25, -0.2) is 9.59 Å². The van der Waals surface area contributed by atoms with Crippen molar-refractivity contribution >= 4 is 18.0 Å². The van der Waals surface area contributed by atoms with E-state index in [2.05, 4.69) is 34.9 Å². The van der Waals surface area contributed by atoms with Crippen LogP contribution in [0.1, 0.15) is 49.7 Å². The Kier molecular flexibility index (Phi) is 9.66. The van der Waals surface area contributed by atoms with Crippen LogP contribution in [0.5, 0.6) is 0 Å². The highest BCUT2D eigenvalue weighted by atomic mass is 16.5. The molecule has 2 atom stereocenters. The number of carbonyl (C=O) groups is 3. The van der Waals surface area contributed by atoms with Crippen LogP contribution in [0, 0.1) is 5.92 Å². The monoisotopic (exact) mass is 482 g/mol. The number of alkyl carbamates (subject to hydrolysis) is 1. The highest BCUT2D eigenvalue weighted by Gasteiger charge is 2.29. The number of nitrogens with one attached hydrogen (secondary N) is 2. The Labute approximate surface area is 206 Å². The molecule has 8 nitrogen and oxygen atoms in total. The van der Waals surface area contributed by atoms with Crippen LogP contribution < -0.4 is 10.6 Å². The van der Waals surface area contributed by atoms with Crippen LogP contribution in [0.15, 0.2) is 48.5 Å². The minimum atomic E-state index is -1.13. The molecule has 8 heteroatoms. The van der Waals surface area contributed by atoms with Crippen molar-refractivity contribution < 1.29 is 29.0 Å². The normalized spacial score (nSPS) is 13.9. The Bertz CT molecular complexity index is 979. The number of ether oxygens (including phenoxy) is 2. The van der Waals surface area contributed by atoms with E-state index < -0.39 is 18.1 Å². The zero-order chi connectivity index (χ0) is 25.2. The topological polar surface area (TPSA) is 114 Å². The summed E-state index contributed by atoms with van der Waals surface area (Å²) in [5.41, 5.74) is 4.70. The van der Waals surface area contributed by atoms with E-state index in [0.29, 0.717) is 19.4 Å². The second kappa shape index (κ2) is 12.9. The first-order valence-electron chi connectivity index (χ1n) is 12.0. The summed E-state index contributed by atoms with van der Waals surface area (Å²) in [5.74, 6) is -1.21. The number of amides is 2. The lowest BCUT2D eigenvalue weighted by atomic mass is 9.96. The van der Waals surface area contributed by atoms with Crippen molar-refractivity contribution in [3.63, 3.8) is 0 Å². The predicted octanol–water partition coefficient (Wildman–Crippen LogP) is 3.94. The van der Waals surface area contributed by atoms with Crippen molar-refractivity contribution in [1.82, 2.24) is 10.6 Å². The predicted molar refractivity (Wildman–Crippen MR) is 132 cm³/mol. The Morgan fingerprint density at radius 1 is 1.00 bits per heavy atom. The molecule has 1 aliphatic rings. The number of aliphatic carboxylic acids is 1. The number of fused-ring (bicyclic) bond motifs is 3. The minimum absolute atomic E-state index is 0.0165. The van der Waals surface area contributed by atoms with Crippen LogP contribution in [0.3, 0.4) is 0 Å². The first kappa shape index (κ1) is 26.2. The number of carboxylic acids is 1. The van der Waals surface area contributed by atoms with Gasteiger partial charge in [-0.2, -0.15) is 0 Å². The standard InChI is InChI=1S/C27H34N2O6/c1-3-18(12-13-25(30)29-24(17-34-2)26(31)32)14-15-28-27(33)35-16-23-21-10-6-4-8-19(21)20-9-5-7-11-22(20)23/h4-11,18,23-24H,3,12-17H2,1-2H3,(H,28,33)(H,29,30)(H,31,32). The molecule has 0 heterocycles. The maximum absolute atomic E-state index is 12.3. The van der Waals surface area contributed by atoms with E-state index in [4.69, 9.17) is 14.6 Å². The number of benzene rings is 2. The van der Waals surface area contributed by atoms with Crippen molar-refractivity contribution in [2.75, 3.05) is 26.9 Å². The summed E-state index contributed by atoms with van der Waals surface area (Å²) in [6.45, 7) is 2.66. The first-order chi connectivity index (χ1) is 16.9. The molecule has 35 heavy (non-hydrogen) atoms. The van der Waals surface area contributed by atoms with Gasteiger partial charge in [0.05, 0.1) is 6.61 Å². The van der Waals surface area contributed by atoms with Crippen molar-refractivity contribution in [1.29, 1.82) is 0 Å². The minimum Gasteiger partial charge on any atom is -0.480 e. The quantitative estimate of drug-likeness (QED) is 0.399. The molecule has 0 saturated heterocycles. The number of carboxylic acid groups (broad SMARTS) is 1. The molecule has 0 fully saturated rings. The summed E-state index contributed by atoms with van der Waals surface area (Å²) in [6, 6.07) is 15.3. The highest BCUT2D eigenvalue weighted by Crippen LogP contribution is 2.44. The van der Waals surface area contributed by atoms with Crippen LogP contribution in [0.25, 0.3) is 11.1 Å². The Morgan fingerprint density at radius 2 is 1.63 bits per heavy atom. The molecule has 3 N–H and O–H groups in total. The third-order valence-electron chi connectivity index (χ3n) is 6.49. The van der Waals surface area contributed by atoms with Gasteiger partial charge in [0.25, 0.3) is 0 Å². The van der Waals surface area contributed by atoms with Crippen molar-refractivity contribution in [2.24, 2.45) is 5.92 Å². The molecule has 0 aliphatic heterocycles. The lowest BCUT2D eigenvalue weighted by molar-refractivity contribution is -0.143. The molecule has 0 spiro atoms. The second-order valence-electron chi connectivity index (χ2n) is 8.77. The molecule has 0 saturated carbocycles. The molecule has 0 radical (unpaired) electrons. The van der Waals surface area contributed by atoms with Crippen molar-refractivity contribution in [3.05, 3.63) is 59.7 Å². The van der Waals surface area contributed by atoms with Gasteiger partial charge < -0.3 is 25.2 Å². The van der Waals surface area contributed by atoms with Gasteiger partial charge in [-0.3, -0.25) is 4.79 Å². The van der Waals surface area contributed by atoms with Gasteiger partial charge in [0.2, 0.25) is 5.91 Å². The molecular formula is C27H34N2O6. The van der Waals surface area contributed by atoms with Crippen molar-refractivity contribution in [3.8, 4) is 11.1 Å². The second-order valence-corrected chi connectivity index (χ2v) is 8.77. The Morgan fingerprint density at radius 3 is 2.20 bits per heavy atom. The van der Waals surface area contributed by atoms with Gasteiger partial charge in [-0.05, 0) is 41.0 Å². The number of carbonyl (C=O) groups excluding carboxylic acids is 2. The molecular weight excluding hydrogens is 448 g/mol. The molecule has 2 unspecified atom stereocenters. The summed E-state index contributed by atoms with van der Waals surface area (Å²) in [7, 11) is 1.39. The van der Waals surface area contributed by atoms with E-state index in [0.717, 1.165) is 6.42 Å². The van der Waals surface area contributed by atoms with E-state index >= 15 is 0 Å². The van der Waals surface area contributed by atoms with Crippen LogP contribution >= 0.6 is 0 Å². The fraction of sp³-hybridized carbons (Fsp3) is 0.444. The van der Waals surface area contributed by atoms with E-state index in [1.807, 2.05) is 31.2 Å². The maximum Gasteiger partial charge on any atom is 0.407 e. The van der Waals surface area contributed by atoms with Gasteiger partial charge in [-0.1, -0.05) is 61.9 Å². The largest absolute Gasteiger partial charge is 0.480 e. The molecule has 1 aliphatic carbocycles. The molecule has 2 amide bonds. The Hall–Kier alpha value is -3.39. The molecule has 0 bridgehead atoms. The SMILES string of the molecule is CCC(CCNC(=O)OCC1c2ccccc2-c2ccccc21)CCC(=O)NC(COC)C(=O)O.